The Labute approximate surface area is 49.0 Å². The van der Waals surface area contributed by atoms with E-state index in [0.29, 0.717) is 5.54 Å². The van der Waals surface area contributed by atoms with Gasteiger partial charge in [0.2, 0.25) is 5.79 Å². The van der Waals surface area contributed by atoms with Gasteiger partial charge in [0.25, 0.3) is 5.92 Å². The van der Waals surface area contributed by atoms with E-state index in [1.54, 1.807) is 0 Å². The highest BCUT2D eigenvalue weighted by atomic mass is 19.3. The van der Waals surface area contributed by atoms with Gasteiger partial charge in [0.15, 0.2) is 0 Å². The van der Waals surface area contributed by atoms with E-state index in [2.05, 4.69) is 0 Å². The number of halogens is 4. The molecule has 54 valence electrons. The third-order valence-corrected chi connectivity index (χ3v) is 1.51. The number of hydrogen-bond acceptors (Lipinski definition) is 1. The maximum absolute atomic E-state index is 12.2. The Bertz CT molecular complexity index is 122. The van der Waals surface area contributed by atoms with Gasteiger partial charge >= 0.3 is 0 Å². The Morgan fingerprint density at radius 3 is 1.67 bits per heavy atom. The zero-order valence-electron chi connectivity index (χ0n) is 4.43. The van der Waals surface area contributed by atoms with Crippen molar-refractivity contribution in [3.63, 3.8) is 0 Å². The van der Waals surface area contributed by atoms with Crippen molar-refractivity contribution in [2.45, 2.75) is 24.6 Å². The minimum atomic E-state index is -3.53. The molecule has 5 heteroatoms. The molecule has 1 atom stereocenters. The van der Waals surface area contributed by atoms with Crippen LogP contribution in [0.1, 0.15) is 12.8 Å². The van der Waals surface area contributed by atoms with E-state index >= 15 is 0 Å². The smallest absolute Gasteiger partial charge is 0.217 e. The lowest BCUT2D eigenvalue weighted by Crippen LogP contribution is -2.60. The SMILES string of the molecule is FNC1(F)CCC1(F)F. The summed E-state index contributed by atoms with van der Waals surface area (Å²) in [5.74, 6) is -6.62. The van der Waals surface area contributed by atoms with Gasteiger partial charge in [-0.05, 0) is 0 Å². The fourth-order valence-electron chi connectivity index (χ4n) is 0.650. The molecule has 1 nitrogen and oxygen atoms in total. The molecule has 1 fully saturated rings. The molecule has 1 aliphatic rings. The van der Waals surface area contributed by atoms with Crippen molar-refractivity contribution < 1.29 is 17.7 Å². The molecule has 1 rings (SSSR count). The summed E-state index contributed by atoms with van der Waals surface area (Å²) in [7, 11) is 0. The Morgan fingerprint density at radius 1 is 1.11 bits per heavy atom. The predicted octanol–water partition coefficient (Wildman–Crippen LogP) is 1.56. The van der Waals surface area contributed by atoms with Crippen LogP contribution in [0.3, 0.4) is 0 Å². The van der Waals surface area contributed by atoms with Crippen LogP contribution in [0.25, 0.3) is 0 Å². The summed E-state index contributed by atoms with van der Waals surface area (Å²) in [5, 5.41) is 0. The van der Waals surface area contributed by atoms with E-state index in [4.69, 9.17) is 0 Å². The quantitative estimate of drug-likeness (QED) is 0.333. The molecule has 0 amide bonds. The van der Waals surface area contributed by atoms with Gasteiger partial charge in [-0.1, -0.05) is 0 Å². The molecule has 0 aromatic rings. The van der Waals surface area contributed by atoms with Crippen LogP contribution < -0.4 is 5.54 Å². The van der Waals surface area contributed by atoms with Crippen molar-refractivity contribution in [1.82, 2.24) is 5.54 Å². The highest BCUT2D eigenvalue weighted by Crippen LogP contribution is 2.47. The normalized spacial score (nSPS) is 40.0. The molecule has 1 unspecified atom stereocenters. The molecular weight excluding hydrogens is 138 g/mol. The molecule has 1 N–H and O–H groups in total. The Hall–Kier alpha value is -0.320. The van der Waals surface area contributed by atoms with Crippen LogP contribution in [0.15, 0.2) is 0 Å². The average molecular weight is 143 g/mol. The van der Waals surface area contributed by atoms with Gasteiger partial charge in [-0.15, -0.1) is 10.0 Å². The molecule has 0 saturated heterocycles. The first-order valence-corrected chi connectivity index (χ1v) is 2.46. The van der Waals surface area contributed by atoms with Crippen molar-refractivity contribution in [3.8, 4) is 0 Å². The van der Waals surface area contributed by atoms with Gasteiger partial charge in [-0.3, -0.25) is 0 Å². The molecule has 0 radical (unpaired) electrons. The number of rotatable bonds is 1. The van der Waals surface area contributed by atoms with Crippen LogP contribution in [-0.2, 0) is 0 Å². The monoisotopic (exact) mass is 143 g/mol. The molecule has 9 heavy (non-hydrogen) atoms. The molecule has 0 spiro atoms. The number of alkyl halides is 3. The van der Waals surface area contributed by atoms with Crippen molar-refractivity contribution in [2.24, 2.45) is 0 Å². The van der Waals surface area contributed by atoms with E-state index < -0.39 is 24.6 Å². The third kappa shape index (κ3) is 0.710. The summed E-state index contributed by atoms with van der Waals surface area (Å²) >= 11 is 0. The van der Waals surface area contributed by atoms with Crippen LogP contribution in [0.5, 0.6) is 0 Å². The van der Waals surface area contributed by atoms with Crippen molar-refractivity contribution in [3.05, 3.63) is 0 Å². The fourth-order valence-corrected chi connectivity index (χ4v) is 0.650. The lowest BCUT2D eigenvalue weighted by atomic mass is 9.86. The van der Waals surface area contributed by atoms with E-state index in [0.717, 1.165) is 0 Å². The second-order valence-electron chi connectivity index (χ2n) is 2.10. The zero-order valence-corrected chi connectivity index (χ0v) is 4.43. The molecule has 0 aromatic carbocycles. The van der Waals surface area contributed by atoms with Gasteiger partial charge < -0.3 is 0 Å². The third-order valence-electron chi connectivity index (χ3n) is 1.51. The molecule has 0 heterocycles. The highest BCUT2D eigenvalue weighted by Gasteiger charge is 2.63. The first kappa shape index (κ1) is 6.80. The molecule has 0 aromatic heterocycles. The largest absolute Gasteiger partial charge is 0.297 e. The standard InChI is InChI=1S/C4H5F4N/c5-3(6)1-2-4(3,7)9-8/h9H,1-2H2. The minimum absolute atomic E-state index is 0.451. The molecule has 0 aliphatic heterocycles. The van der Waals surface area contributed by atoms with Gasteiger partial charge in [0.1, 0.15) is 0 Å². The van der Waals surface area contributed by atoms with E-state index in [-0.39, 0.29) is 0 Å². The summed E-state index contributed by atoms with van der Waals surface area (Å²) in [5.41, 5.74) is 0.451. The van der Waals surface area contributed by atoms with E-state index in [1.165, 1.54) is 0 Å². The lowest BCUT2D eigenvalue weighted by molar-refractivity contribution is -0.246. The molecular formula is C4H5F4N. The maximum atomic E-state index is 12.2. The highest BCUT2D eigenvalue weighted by molar-refractivity contribution is 4.99. The number of nitrogens with one attached hydrogen (secondary N) is 1. The molecule has 1 aliphatic carbocycles. The predicted molar refractivity (Wildman–Crippen MR) is 22.3 cm³/mol. The lowest BCUT2D eigenvalue weighted by Gasteiger charge is -2.39. The fraction of sp³-hybridized carbons (Fsp3) is 1.00. The minimum Gasteiger partial charge on any atom is -0.217 e. The van der Waals surface area contributed by atoms with Gasteiger partial charge in [0, 0.05) is 12.8 Å². The van der Waals surface area contributed by atoms with E-state index in [9.17, 15) is 17.7 Å². The summed E-state index contributed by atoms with van der Waals surface area (Å²) in [4.78, 5) is 0. The maximum Gasteiger partial charge on any atom is 0.297 e. The molecule has 0 bridgehead atoms. The summed E-state index contributed by atoms with van der Waals surface area (Å²) < 4.78 is 47.2. The average Bonchev–Trinajstić information content (AvgIpc) is 1.84. The topological polar surface area (TPSA) is 12.0 Å². The van der Waals surface area contributed by atoms with Gasteiger partial charge in [-0.25, -0.2) is 13.2 Å². The first-order chi connectivity index (χ1) is 4.02. The van der Waals surface area contributed by atoms with Gasteiger partial charge in [0.05, 0.1) is 0 Å². The second kappa shape index (κ2) is 1.59. The summed E-state index contributed by atoms with van der Waals surface area (Å²) in [6.07, 6.45) is -1.04. The van der Waals surface area contributed by atoms with Crippen LogP contribution in [0, 0.1) is 0 Å². The number of hydrogen-bond donors (Lipinski definition) is 1. The first-order valence-electron chi connectivity index (χ1n) is 2.46. The molecule has 1 saturated carbocycles. The Morgan fingerprint density at radius 2 is 1.67 bits per heavy atom. The van der Waals surface area contributed by atoms with Crippen LogP contribution >= 0.6 is 0 Å². The zero-order chi connectivity index (χ0) is 7.12. The Balaban J connectivity index is 2.62. The van der Waals surface area contributed by atoms with Crippen LogP contribution in [0.2, 0.25) is 0 Å². The second-order valence-corrected chi connectivity index (χ2v) is 2.10. The van der Waals surface area contributed by atoms with E-state index in [1.807, 2.05) is 0 Å². The van der Waals surface area contributed by atoms with Crippen LogP contribution in [-0.4, -0.2) is 11.7 Å². The van der Waals surface area contributed by atoms with Crippen molar-refractivity contribution >= 4 is 0 Å². The summed E-state index contributed by atoms with van der Waals surface area (Å²) in [6, 6.07) is 0. The van der Waals surface area contributed by atoms with Crippen molar-refractivity contribution in [2.75, 3.05) is 0 Å². The van der Waals surface area contributed by atoms with Gasteiger partial charge in [-0.2, -0.15) is 0 Å². The summed E-state index contributed by atoms with van der Waals surface area (Å²) in [6.45, 7) is 0. The van der Waals surface area contributed by atoms with Crippen molar-refractivity contribution in [1.29, 1.82) is 0 Å². The van der Waals surface area contributed by atoms with Crippen LogP contribution in [0.4, 0.5) is 17.7 Å². The Kier molecular flexibility index (Phi) is 1.20.